The second kappa shape index (κ2) is 7.21. The number of furan rings is 1. The van der Waals surface area contributed by atoms with Crippen molar-refractivity contribution in [3.05, 3.63) is 53.5 Å². The minimum absolute atomic E-state index is 0.0526. The van der Waals surface area contributed by atoms with Gasteiger partial charge < -0.3 is 19.8 Å². The average molecular weight is 328 g/mol. The van der Waals surface area contributed by atoms with Crippen molar-refractivity contribution in [2.75, 3.05) is 13.7 Å². The predicted octanol–water partition coefficient (Wildman–Crippen LogP) is 2.21. The van der Waals surface area contributed by atoms with Gasteiger partial charge in [0.1, 0.15) is 11.5 Å². The maximum Gasteiger partial charge on any atom is 0.255 e. The summed E-state index contributed by atoms with van der Waals surface area (Å²) in [5.41, 5.74) is 1.44. The number of methoxy groups -OCH3 is 1. The van der Waals surface area contributed by atoms with Crippen LogP contribution in [0.5, 0.6) is 5.75 Å². The van der Waals surface area contributed by atoms with Crippen LogP contribution < -0.4 is 15.4 Å². The molecule has 0 radical (unpaired) electrons. The van der Waals surface area contributed by atoms with Gasteiger partial charge in [0.25, 0.3) is 5.91 Å². The van der Waals surface area contributed by atoms with Gasteiger partial charge in [-0.25, -0.2) is 0 Å². The minimum atomic E-state index is -0.338. The van der Waals surface area contributed by atoms with E-state index in [0.29, 0.717) is 11.3 Å². The van der Waals surface area contributed by atoms with Gasteiger partial charge in [0, 0.05) is 12.0 Å². The number of nitrogens with one attached hydrogen (secondary N) is 2. The smallest absolute Gasteiger partial charge is 0.255 e. The van der Waals surface area contributed by atoms with E-state index in [1.165, 1.54) is 7.11 Å². The lowest BCUT2D eigenvalue weighted by Crippen LogP contribution is -2.39. The lowest BCUT2D eigenvalue weighted by molar-refractivity contribution is -0.121. The number of carbonyl (C=O) groups excluding carboxylic acids is 2. The van der Waals surface area contributed by atoms with E-state index in [2.05, 4.69) is 10.6 Å². The van der Waals surface area contributed by atoms with Crippen LogP contribution in [-0.4, -0.2) is 25.5 Å². The van der Waals surface area contributed by atoms with Crippen LogP contribution in [0, 0.1) is 0 Å². The Labute approximate surface area is 140 Å². The van der Waals surface area contributed by atoms with Crippen molar-refractivity contribution in [1.29, 1.82) is 0 Å². The maximum absolute atomic E-state index is 12.2. The molecule has 1 aliphatic rings. The van der Waals surface area contributed by atoms with Gasteiger partial charge >= 0.3 is 0 Å². The number of para-hydroxylation sites is 1. The molecule has 1 heterocycles. The van der Waals surface area contributed by atoms with Crippen LogP contribution in [0.1, 0.15) is 40.6 Å². The monoisotopic (exact) mass is 328 g/mol. The zero-order valence-corrected chi connectivity index (χ0v) is 13.5. The highest BCUT2D eigenvalue weighted by atomic mass is 16.5. The van der Waals surface area contributed by atoms with Gasteiger partial charge in [-0.15, -0.1) is 0 Å². The summed E-state index contributed by atoms with van der Waals surface area (Å²) >= 11 is 0. The van der Waals surface area contributed by atoms with Crippen LogP contribution in [0.25, 0.3) is 0 Å². The number of fused-ring (bicyclic) bond motifs is 1. The molecule has 0 fully saturated rings. The number of hydrogen-bond acceptors (Lipinski definition) is 4. The highest BCUT2D eigenvalue weighted by molar-refractivity contribution is 5.98. The first kappa shape index (κ1) is 16.1. The van der Waals surface area contributed by atoms with Crippen molar-refractivity contribution in [3.63, 3.8) is 0 Å². The Morgan fingerprint density at radius 2 is 2.12 bits per heavy atom. The van der Waals surface area contributed by atoms with Crippen molar-refractivity contribution in [2.24, 2.45) is 0 Å². The van der Waals surface area contributed by atoms with Crippen molar-refractivity contribution < 1.29 is 18.7 Å². The molecular weight excluding hydrogens is 308 g/mol. The number of amides is 2. The Balaban J connectivity index is 1.56. The number of ether oxygens (including phenoxy) is 1. The SMILES string of the molecule is COc1ccccc1C(=O)NCC(=O)N[C@H]1CCCc2occc21. The Morgan fingerprint density at radius 3 is 2.96 bits per heavy atom. The molecule has 0 spiro atoms. The minimum Gasteiger partial charge on any atom is -0.496 e. The van der Waals surface area contributed by atoms with Crippen LogP contribution in [-0.2, 0) is 11.2 Å². The fourth-order valence-electron chi connectivity index (χ4n) is 2.97. The zero-order valence-electron chi connectivity index (χ0n) is 13.5. The third-order valence-corrected chi connectivity index (χ3v) is 4.15. The first-order chi connectivity index (χ1) is 11.7. The molecule has 6 nitrogen and oxygen atoms in total. The van der Waals surface area contributed by atoms with E-state index in [-0.39, 0.29) is 24.4 Å². The number of carbonyl (C=O) groups is 2. The second-order valence-electron chi connectivity index (χ2n) is 5.69. The van der Waals surface area contributed by atoms with Crippen molar-refractivity contribution in [3.8, 4) is 5.75 Å². The average Bonchev–Trinajstić information content (AvgIpc) is 3.09. The maximum atomic E-state index is 12.2. The summed E-state index contributed by atoms with van der Waals surface area (Å²) in [5, 5.41) is 5.58. The standard InChI is InChI=1S/C18H20N2O4/c1-23-15-7-3-2-5-13(15)18(22)19-11-17(21)20-14-6-4-8-16-12(14)9-10-24-16/h2-3,5,7,9-10,14H,4,6,8,11H2,1H3,(H,19,22)(H,20,21)/t14-/m0/s1. The van der Waals surface area contributed by atoms with E-state index < -0.39 is 0 Å². The second-order valence-corrected chi connectivity index (χ2v) is 5.69. The van der Waals surface area contributed by atoms with Crippen LogP contribution in [0.3, 0.4) is 0 Å². The zero-order chi connectivity index (χ0) is 16.9. The topological polar surface area (TPSA) is 80.6 Å². The lowest BCUT2D eigenvalue weighted by atomic mass is 9.93. The van der Waals surface area contributed by atoms with Gasteiger partial charge in [-0.2, -0.15) is 0 Å². The fraction of sp³-hybridized carbons (Fsp3) is 0.333. The summed E-state index contributed by atoms with van der Waals surface area (Å²) in [4.78, 5) is 24.3. The largest absolute Gasteiger partial charge is 0.496 e. The Kier molecular flexibility index (Phi) is 4.84. The van der Waals surface area contributed by atoms with E-state index in [4.69, 9.17) is 9.15 Å². The van der Waals surface area contributed by atoms with E-state index in [1.807, 2.05) is 6.07 Å². The molecule has 2 N–H and O–H groups in total. The fourth-order valence-corrected chi connectivity index (χ4v) is 2.97. The van der Waals surface area contributed by atoms with Crippen molar-refractivity contribution in [2.45, 2.75) is 25.3 Å². The number of hydrogen-bond donors (Lipinski definition) is 2. The molecular formula is C18H20N2O4. The molecule has 6 heteroatoms. The predicted molar refractivity (Wildman–Crippen MR) is 87.9 cm³/mol. The molecule has 2 aromatic rings. The van der Waals surface area contributed by atoms with Gasteiger partial charge in [0.15, 0.2) is 0 Å². The molecule has 2 amide bonds. The molecule has 3 rings (SSSR count). The van der Waals surface area contributed by atoms with Gasteiger partial charge in [-0.05, 0) is 31.0 Å². The molecule has 0 unspecified atom stereocenters. The summed E-state index contributed by atoms with van der Waals surface area (Å²) in [6.07, 6.45) is 4.40. The van der Waals surface area contributed by atoms with Gasteiger partial charge in [0.05, 0.1) is 31.5 Å². The first-order valence-corrected chi connectivity index (χ1v) is 7.96. The molecule has 0 aliphatic heterocycles. The van der Waals surface area contributed by atoms with Crippen LogP contribution >= 0.6 is 0 Å². The van der Waals surface area contributed by atoms with Crippen molar-refractivity contribution in [1.82, 2.24) is 10.6 Å². The number of rotatable bonds is 5. The van der Waals surface area contributed by atoms with Crippen LogP contribution in [0.4, 0.5) is 0 Å². The summed E-state index contributed by atoms with van der Waals surface area (Å²) in [7, 11) is 1.50. The van der Waals surface area contributed by atoms with E-state index >= 15 is 0 Å². The Bertz CT molecular complexity index is 738. The summed E-state index contributed by atoms with van der Waals surface area (Å²) in [6, 6.07) is 8.74. The normalized spacial score (nSPS) is 16.1. The van der Waals surface area contributed by atoms with E-state index in [1.54, 1.807) is 30.5 Å². The summed E-state index contributed by atoms with van der Waals surface area (Å²) in [5.74, 6) is 0.850. The molecule has 0 bridgehead atoms. The van der Waals surface area contributed by atoms with Gasteiger partial charge in [-0.1, -0.05) is 12.1 Å². The van der Waals surface area contributed by atoms with Crippen LogP contribution in [0.15, 0.2) is 41.0 Å². The molecule has 0 saturated carbocycles. The molecule has 1 aromatic carbocycles. The summed E-state index contributed by atoms with van der Waals surface area (Å²) < 4.78 is 10.6. The summed E-state index contributed by atoms with van der Waals surface area (Å²) in [6.45, 7) is -0.0828. The molecule has 24 heavy (non-hydrogen) atoms. The van der Waals surface area contributed by atoms with E-state index in [9.17, 15) is 9.59 Å². The highest BCUT2D eigenvalue weighted by Crippen LogP contribution is 2.30. The quantitative estimate of drug-likeness (QED) is 0.882. The molecule has 1 atom stereocenters. The Morgan fingerprint density at radius 1 is 1.29 bits per heavy atom. The van der Waals surface area contributed by atoms with Gasteiger partial charge in [0.2, 0.25) is 5.91 Å². The van der Waals surface area contributed by atoms with Crippen LogP contribution in [0.2, 0.25) is 0 Å². The third-order valence-electron chi connectivity index (χ3n) is 4.15. The number of benzene rings is 1. The highest BCUT2D eigenvalue weighted by Gasteiger charge is 2.24. The van der Waals surface area contributed by atoms with Gasteiger partial charge in [-0.3, -0.25) is 9.59 Å². The molecule has 126 valence electrons. The first-order valence-electron chi connectivity index (χ1n) is 7.96. The molecule has 1 aliphatic carbocycles. The Hall–Kier alpha value is -2.76. The third kappa shape index (κ3) is 3.42. The van der Waals surface area contributed by atoms with E-state index in [0.717, 1.165) is 30.6 Å². The molecule has 0 saturated heterocycles. The number of aryl methyl sites for hydroxylation is 1. The van der Waals surface area contributed by atoms with Crippen molar-refractivity contribution >= 4 is 11.8 Å². The molecule has 1 aromatic heterocycles. The lowest BCUT2D eigenvalue weighted by Gasteiger charge is -2.22.